The summed E-state index contributed by atoms with van der Waals surface area (Å²) in [6.07, 6.45) is 4.39. The van der Waals surface area contributed by atoms with Crippen LogP contribution in [0.3, 0.4) is 0 Å². The van der Waals surface area contributed by atoms with Crippen LogP contribution in [0.1, 0.15) is 18.1 Å². The number of rotatable bonds is 3. The van der Waals surface area contributed by atoms with Crippen molar-refractivity contribution in [3.05, 3.63) is 59.9 Å². The minimum atomic E-state index is -0.539. The fraction of sp³-hybridized carbons (Fsp3) is 0.125. The zero-order valence-electron chi connectivity index (χ0n) is 10.6. The molecule has 94 valence electrons. The quantitative estimate of drug-likeness (QED) is 0.364. The maximum atomic E-state index is 11.2. The van der Waals surface area contributed by atoms with E-state index in [9.17, 15) is 4.79 Å². The van der Waals surface area contributed by atoms with Gasteiger partial charge in [-0.2, -0.15) is 0 Å². The van der Waals surface area contributed by atoms with Gasteiger partial charge in [0.1, 0.15) is 5.75 Å². The average Bonchev–Trinajstić information content (AvgIpc) is 2.42. The molecule has 2 rings (SSSR count). The molecule has 1 heterocycles. The second kappa shape index (κ2) is 6.36. The first-order chi connectivity index (χ1) is 9.28. The zero-order valence-corrected chi connectivity index (χ0v) is 10.6. The first-order valence-electron chi connectivity index (χ1n) is 5.90. The fourth-order valence-electron chi connectivity index (χ4n) is 1.65. The van der Waals surface area contributed by atoms with Gasteiger partial charge in [0.15, 0.2) is 0 Å². The molecule has 0 radical (unpaired) electrons. The van der Waals surface area contributed by atoms with Crippen molar-refractivity contribution < 1.29 is 9.53 Å². The molecule has 0 atom stereocenters. The lowest BCUT2D eigenvalue weighted by atomic mass is 10.1. The van der Waals surface area contributed by atoms with Gasteiger partial charge in [0.05, 0.1) is 0 Å². The Labute approximate surface area is 112 Å². The molecule has 19 heavy (non-hydrogen) atoms. The van der Waals surface area contributed by atoms with Gasteiger partial charge >= 0.3 is 5.97 Å². The number of hydrogen-bond acceptors (Lipinski definition) is 3. The molecule has 0 amide bonds. The van der Waals surface area contributed by atoms with Crippen LogP contribution in [0.5, 0.6) is 5.75 Å². The van der Waals surface area contributed by atoms with Crippen molar-refractivity contribution in [1.82, 2.24) is 4.98 Å². The van der Waals surface area contributed by atoms with Gasteiger partial charge in [0, 0.05) is 18.3 Å². The molecule has 0 saturated carbocycles. The number of benzene rings is 1. The Bertz CT molecular complexity index is 607. The number of carbonyl (C=O) groups is 1. The Morgan fingerprint density at radius 3 is 2.63 bits per heavy atom. The van der Waals surface area contributed by atoms with Crippen molar-refractivity contribution in [3.63, 3.8) is 0 Å². The largest absolute Gasteiger partial charge is 0.417 e. The van der Waals surface area contributed by atoms with E-state index in [1.807, 2.05) is 30.5 Å². The van der Waals surface area contributed by atoms with E-state index in [2.05, 4.69) is 16.8 Å². The van der Waals surface area contributed by atoms with Gasteiger partial charge in [-0.15, -0.1) is 0 Å². The maximum Gasteiger partial charge on any atom is 0.389 e. The third-order valence-electron chi connectivity index (χ3n) is 2.49. The monoisotopic (exact) mass is 251 g/mol. The summed E-state index contributed by atoms with van der Waals surface area (Å²) < 4.78 is 5.04. The molecule has 0 N–H and O–H groups in total. The lowest BCUT2D eigenvalue weighted by Crippen LogP contribution is -2.04. The molecule has 0 unspecified atom stereocenters. The molecule has 1 aromatic carbocycles. The van der Waals surface area contributed by atoms with Crippen LogP contribution in [-0.2, 0) is 11.2 Å². The first-order valence-corrected chi connectivity index (χ1v) is 5.90. The van der Waals surface area contributed by atoms with Crippen LogP contribution in [0, 0.1) is 11.8 Å². The predicted molar refractivity (Wildman–Crippen MR) is 72.6 cm³/mol. The predicted octanol–water partition coefficient (Wildman–Crippen LogP) is 2.60. The van der Waals surface area contributed by atoms with E-state index in [0.717, 1.165) is 17.5 Å². The molecule has 3 heteroatoms. The molecule has 0 aliphatic carbocycles. The van der Waals surface area contributed by atoms with Crippen molar-refractivity contribution in [1.29, 1.82) is 0 Å². The molecule has 1 aromatic heterocycles. The number of esters is 1. The summed E-state index contributed by atoms with van der Waals surface area (Å²) in [5.41, 5.74) is 2.28. The summed E-state index contributed by atoms with van der Waals surface area (Å²) in [6.45, 7) is 1.60. The Morgan fingerprint density at radius 1 is 1.21 bits per heavy atom. The molecular formula is C16H13NO2. The standard InChI is InChI=1S/C16H13NO2/c1-2-4-16(18)19-15-8-6-13(7-9-15)11-14-5-3-10-17-12-14/h3,5-10,12H,11H2,1H3. The molecule has 0 saturated heterocycles. The number of carbonyl (C=O) groups excluding carboxylic acids is 1. The van der Waals surface area contributed by atoms with Crippen molar-refractivity contribution in [2.75, 3.05) is 0 Å². The van der Waals surface area contributed by atoms with Gasteiger partial charge < -0.3 is 4.74 Å². The number of hydrogen-bond donors (Lipinski definition) is 0. The fourth-order valence-corrected chi connectivity index (χ4v) is 1.65. The van der Waals surface area contributed by atoms with Crippen LogP contribution in [0.2, 0.25) is 0 Å². The highest BCUT2D eigenvalue weighted by atomic mass is 16.5. The number of nitrogens with zero attached hydrogens (tertiary/aromatic N) is 1. The van der Waals surface area contributed by atoms with Crippen LogP contribution in [-0.4, -0.2) is 11.0 Å². The van der Waals surface area contributed by atoms with Crippen molar-refractivity contribution in [2.24, 2.45) is 0 Å². The van der Waals surface area contributed by atoms with Crippen molar-refractivity contribution in [3.8, 4) is 17.6 Å². The van der Waals surface area contributed by atoms with Gasteiger partial charge in [0.2, 0.25) is 0 Å². The van der Waals surface area contributed by atoms with Gasteiger partial charge in [-0.05, 0) is 42.7 Å². The number of aromatic nitrogens is 1. The van der Waals surface area contributed by atoms with Crippen LogP contribution in [0.15, 0.2) is 48.8 Å². The Morgan fingerprint density at radius 2 is 2.00 bits per heavy atom. The summed E-state index contributed by atoms with van der Waals surface area (Å²) >= 11 is 0. The number of ether oxygens (including phenoxy) is 1. The molecule has 0 spiro atoms. The highest BCUT2D eigenvalue weighted by molar-refractivity contribution is 5.90. The highest BCUT2D eigenvalue weighted by Crippen LogP contribution is 2.15. The summed E-state index contributed by atoms with van der Waals surface area (Å²) in [7, 11) is 0. The Hall–Kier alpha value is -2.60. The molecule has 0 aliphatic rings. The summed E-state index contributed by atoms with van der Waals surface area (Å²) in [5.74, 6) is 4.79. The molecule has 0 fully saturated rings. The lowest BCUT2D eigenvalue weighted by molar-refractivity contribution is -0.128. The van der Waals surface area contributed by atoms with Gasteiger partial charge in [-0.1, -0.05) is 24.1 Å². The molecule has 2 aromatic rings. The van der Waals surface area contributed by atoms with Gasteiger partial charge in [-0.3, -0.25) is 4.98 Å². The van der Waals surface area contributed by atoms with E-state index in [4.69, 9.17) is 4.74 Å². The zero-order chi connectivity index (χ0) is 13.5. The third-order valence-corrected chi connectivity index (χ3v) is 2.49. The second-order valence-electron chi connectivity index (χ2n) is 3.95. The summed E-state index contributed by atoms with van der Waals surface area (Å²) in [4.78, 5) is 15.3. The SMILES string of the molecule is CC#CC(=O)Oc1ccc(Cc2cccnc2)cc1. The van der Waals surface area contributed by atoms with E-state index >= 15 is 0 Å². The summed E-state index contributed by atoms with van der Waals surface area (Å²) in [6, 6.07) is 11.3. The summed E-state index contributed by atoms with van der Waals surface area (Å²) in [5, 5.41) is 0. The molecule has 0 bridgehead atoms. The van der Waals surface area contributed by atoms with Crippen LogP contribution in [0.25, 0.3) is 0 Å². The minimum absolute atomic E-state index is 0.502. The smallest absolute Gasteiger partial charge is 0.389 e. The molecular weight excluding hydrogens is 238 g/mol. The van der Waals surface area contributed by atoms with Crippen LogP contribution >= 0.6 is 0 Å². The minimum Gasteiger partial charge on any atom is -0.417 e. The topological polar surface area (TPSA) is 39.2 Å². The second-order valence-corrected chi connectivity index (χ2v) is 3.95. The Kier molecular flexibility index (Phi) is 4.30. The first kappa shape index (κ1) is 12.8. The van der Waals surface area contributed by atoms with Crippen LogP contribution < -0.4 is 4.74 Å². The van der Waals surface area contributed by atoms with E-state index < -0.39 is 5.97 Å². The Balaban J connectivity index is 2.02. The third kappa shape index (κ3) is 3.97. The maximum absolute atomic E-state index is 11.2. The van der Waals surface area contributed by atoms with Crippen LogP contribution in [0.4, 0.5) is 0 Å². The van der Waals surface area contributed by atoms with Crippen molar-refractivity contribution in [2.45, 2.75) is 13.3 Å². The lowest BCUT2D eigenvalue weighted by Gasteiger charge is -2.03. The van der Waals surface area contributed by atoms with E-state index in [1.165, 1.54) is 0 Å². The van der Waals surface area contributed by atoms with E-state index in [0.29, 0.717) is 5.75 Å². The van der Waals surface area contributed by atoms with Gasteiger partial charge in [0.25, 0.3) is 0 Å². The van der Waals surface area contributed by atoms with Gasteiger partial charge in [-0.25, -0.2) is 4.79 Å². The number of pyridine rings is 1. The van der Waals surface area contributed by atoms with E-state index in [-0.39, 0.29) is 0 Å². The highest BCUT2D eigenvalue weighted by Gasteiger charge is 2.01. The van der Waals surface area contributed by atoms with Crippen molar-refractivity contribution >= 4 is 5.97 Å². The normalized spacial score (nSPS) is 9.32. The van der Waals surface area contributed by atoms with E-state index in [1.54, 1.807) is 25.3 Å². The molecule has 3 nitrogen and oxygen atoms in total. The molecule has 0 aliphatic heterocycles. The average molecular weight is 251 g/mol.